The molecule has 5 nitrogen and oxygen atoms in total. The van der Waals surface area contributed by atoms with Gasteiger partial charge >= 0.3 is 0 Å². The van der Waals surface area contributed by atoms with Crippen molar-refractivity contribution in [2.45, 2.75) is 59.9 Å². The van der Waals surface area contributed by atoms with Crippen LogP contribution in [0.4, 0.5) is 5.69 Å². The Balaban J connectivity index is 2.03. The highest BCUT2D eigenvalue weighted by Crippen LogP contribution is 2.25. The lowest BCUT2D eigenvalue weighted by Crippen LogP contribution is -2.33. The van der Waals surface area contributed by atoms with Crippen LogP contribution in [-0.4, -0.2) is 27.1 Å². The molecular formula is C24H34N2O3S. The van der Waals surface area contributed by atoms with E-state index >= 15 is 0 Å². The van der Waals surface area contributed by atoms with Gasteiger partial charge in [0, 0.05) is 13.0 Å². The summed E-state index contributed by atoms with van der Waals surface area (Å²) in [5.41, 5.74) is 6.19. The van der Waals surface area contributed by atoms with Gasteiger partial charge in [-0.2, -0.15) is 0 Å². The molecule has 0 spiro atoms. The Bertz CT molecular complexity index is 1000. The number of rotatable bonds is 9. The van der Waals surface area contributed by atoms with Crippen LogP contribution in [0.1, 0.15) is 60.0 Å². The molecule has 30 heavy (non-hydrogen) atoms. The van der Waals surface area contributed by atoms with E-state index in [1.165, 1.54) is 21.7 Å². The number of aryl methyl sites for hydroxylation is 3. The van der Waals surface area contributed by atoms with Crippen LogP contribution < -0.4 is 9.62 Å². The summed E-state index contributed by atoms with van der Waals surface area (Å²) in [6.45, 7) is 10.3. The first-order valence-electron chi connectivity index (χ1n) is 10.4. The first-order valence-corrected chi connectivity index (χ1v) is 12.3. The summed E-state index contributed by atoms with van der Waals surface area (Å²) in [5.74, 6) is -0.0607. The van der Waals surface area contributed by atoms with Crippen molar-refractivity contribution in [2.75, 3.05) is 17.1 Å². The van der Waals surface area contributed by atoms with Crippen LogP contribution in [0.3, 0.4) is 0 Å². The number of carbonyl (C=O) groups is 1. The van der Waals surface area contributed by atoms with Crippen molar-refractivity contribution in [1.29, 1.82) is 0 Å². The topological polar surface area (TPSA) is 66.5 Å². The molecule has 1 atom stereocenters. The maximum atomic E-state index is 12.5. The van der Waals surface area contributed by atoms with E-state index in [-0.39, 0.29) is 24.9 Å². The van der Waals surface area contributed by atoms with E-state index in [1.54, 1.807) is 0 Å². The van der Waals surface area contributed by atoms with E-state index in [9.17, 15) is 13.2 Å². The highest BCUT2D eigenvalue weighted by Gasteiger charge is 2.20. The molecule has 1 amide bonds. The zero-order chi connectivity index (χ0) is 22.5. The van der Waals surface area contributed by atoms with E-state index in [0.29, 0.717) is 12.1 Å². The summed E-state index contributed by atoms with van der Waals surface area (Å²) in [4.78, 5) is 12.5. The zero-order valence-corrected chi connectivity index (χ0v) is 19.8. The van der Waals surface area contributed by atoms with Gasteiger partial charge in [0.25, 0.3) is 0 Å². The minimum Gasteiger partial charge on any atom is -0.349 e. The smallest absolute Gasteiger partial charge is 0.232 e. The molecule has 6 heteroatoms. The van der Waals surface area contributed by atoms with Gasteiger partial charge in [-0.25, -0.2) is 8.42 Å². The lowest BCUT2D eigenvalue weighted by Gasteiger charge is -2.25. The number of nitrogens with one attached hydrogen (secondary N) is 1. The summed E-state index contributed by atoms with van der Waals surface area (Å²) in [5, 5.41) is 3.10. The Hall–Kier alpha value is -2.34. The molecule has 164 valence electrons. The fourth-order valence-corrected chi connectivity index (χ4v) is 4.54. The number of hydrogen-bond acceptors (Lipinski definition) is 3. The second kappa shape index (κ2) is 10.1. The fourth-order valence-electron chi connectivity index (χ4n) is 3.52. The van der Waals surface area contributed by atoms with Crippen LogP contribution in [0.25, 0.3) is 0 Å². The number of amides is 1. The average Bonchev–Trinajstić information content (AvgIpc) is 2.67. The molecule has 0 aliphatic carbocycles. The number of sulfonamides is 1. The minimum absolute atomic E-state index is 0.0400. The summed E-state index contributed by atoms with van der Waals surface area (Å²) in [6.07, 6.45) is 2.74. The normalized spacial score (nSPS) is 12.5. The molecule has 0 bridgehead atoms. The molecule has 2 aromatic carbocycles. The monoisotopic (exact) mass is 430 g/mol. The number of nitrogens with zero attached hydrogens (tertiary/aromatic N) is 1. The molecule has 0 aromatic heterocycles. The van der Waals surface area contributed by atoms with Gasteiger partial charge in [-0.3, -0.25) is 9.10 Å². The van der Waals surface area contributed by atoms with Crippen molar-refractivity contribution >= 4 is 21.6 Å². The molecule has 0 unspecified atom stereocenters. The van der Waals surface area contributed by atoms with Gasteiger partial charge in [-0.05, 0) is 74.4 Å². The lowest BCUT2D eigenvalue weighted by atomic mass is 9.99. The number of carbonyl (C=O) groups excluding carboxylic acids is 1. The van der Waals surface area contributed by atoms with E-state index in [0.717, 1.165) is 23.1 Å². The first kappa shape index (κ1) is 23.9. The molecule has 0 fully saturated rings. The third-order valence-electron chi connectivity index (χ3n) is 5.69. The van der Waals surface area contributed by atoms with Gasteiger partial charge < -0.3 is 5.32 Å². The molecule has 0 saturated carbocycles. The van der Waals surface area contributed by atoms with Crippen LogP contribution in [0.15, 0.2) is 36.4 Å². The van der Waals surface area contributed by atoms with Crippen LogP contribution >= 0.6 is 0 Å². The molecule has 0 aliphatic rings. The van der Waals surface area contributed by atoms with Crippen LogP contribution in [0.2, 0.25) is 0 Å². The molecule has 0 saturated heterocycles. The van der Waals surface area contributed by atoms with E-state index in [4.69, 9.17) is 0 Å². The molecule has 0 aliphatic heterocycles. The Labute approximate surface area is 181 Å². The first-order chi connectivity index (χ1) is 14.0. The predicted octanol–water partition coefficient (Wildman–Crippen LogP) is 4.73. The molecular weight excluding hydrogens is 396 g/mol. The fraction of sp³-hybridized carbons (Fsp3) is 0.458. The van der Waals surface area contributed by atoms with Gasteiger partial charge in [-0.1, -0.05) is 37.3 Å². The number of benzene rings is 2. The SMILES string of the molecule is CC[C@@H](NC(=O)CCCN(c1cccc(C)c1C)S(C)(=O)=O)c1ccc(C)c(C)c1. The van der Waals surface area contributed by atoms with Gasteiger partial charge in [0.15, 0.2) is 0 Å². The Morgan fingerprint density at radius 2 is 1.73 bits per heavy atom. The summed E-state index contributed by atoms with van der Waals surface area (Å²) in [6, 6.07) is 11.9. The second-order valence-electron chi connectivity index (χ2n) is 8.03. The Kier molecular flexibility index (Phi) is 8.07. The zero-order valence-electron chi connectivity index (χ0n) is 19.0. The van der Waals surface area contributed by atoms with Gasteiger partial charge in [0.1, 0.15) is 0 Å². The Morgan fingerprint density at radius 3 is 2.33 bits per heavy atom. The van der Waals surface area contributed by atoms with Gasteiger partial charge in [-0.15, -0.1) is 0 Å². The van der Waals surface area contributed by atoms with Crippen LogP contribution in [0.5, 0.6) is 0 Å². The summed E-state index contributed by atoms with van der Waals surface area (Å²) < 4.78 is 26.1. The van der Waals surface area contributed by atoms with E-state index < -0.39 is 10.0 Å². The molecule has 0 radical (unpaired) electrons. The lowest BCUT2D eigenvalue weighted by molar-refractivity contribution is -0.121. The highest BCUT2D eigenvalue weighted by atomic mass is 32.2. The van der Waals surface area contributed by atoms with Crippen molar-refractivity contribution in [2.24, 2.45) is 0 Å². The standard InChI is InChI=1S/C24H34N2O3S/c1-7-22(21-14-13-17(2)19(4)16-21)25-24(27)12-9-15-26(30(6,28)29)23-11-8-10-18(3)20(23)5/h8,10-11,13-14,16,22H,7,9,12,15H2,1-6H3,(H,25,27)/t22-/m1/s1. The maximum Gasteiger partial charge on any atom is 0.232 e. The van der Waals surface area contributed by atoms with Crippen molar-refractivity contribution in [3.63, 3.8) is 0 Å². The van der Waals surface area contributed by atoms with Crippen molar-refractivity contribution in [1.82, 2.24) is 5.32 Å². The molecule has 0 heterocycles. The predicted molar refractivity (Wildman–Crippen MR) is 124 cm³/mol. The molecule has 2 aromatic rings. The number of hydrogen-bond donors (Lipinski definition) is 1. The molecule has 1 N–H and O–H groups in total. The largest absolute Gasteiger partial charge is 0.349 e. The minimum atomic E-state index is -3.43. The van der Waals surface area contributed by atoms with Crippen molar-refractivity contribution < 1.29 is 13.2 Å². The summed E-state index contributed by atoms with van der Waals surface area (Å²) >= 11 is 0. The summed E-state index contributed by atoms with van der Waals surface area (Å²) in [7, 11) is -3.43. The highest BCUT2D eigenvalue weighted by molar-refractivity contribution is 7.92. The van der Waals surface area contributed by atoms with E-state index in [1.807, 2.05) is 39.0 Å². The molecule has 2 rings (SSSR count). The van der Waals surface area contributed by atoms with Gasteiger partial charge in [0.2, 0.25) is 15.9 Å². The van der Waals surface area contributed by atoms with Crippen molar-refractivity contribution in [3.8, 4) is 0 Å². The quantitative estimate of drug-likeness (QED) is 0.625. The third kappa shape index (κ3) is 6.08. The van der Waals surface area contributed by atoms with Crippen molar-refractivity contribution in [3.05, 3.63) is 64.2 Å². The van der Waals surface area contributed by atoms with Crippen LogP contribution in [0, 0.1) is 27.7 Å². The van der Waals surface area contributed by atoms with Gasteiger partial charge in [0.05, 0.1) is 18.0 Å². The number of anilines is 1. The van der Waals surface area contributed by atoms with E-state index in [2.05, 4.69) is 37.4 Å². The third-order valence-corrected chi connectivity index (χ3v) is 6.87. The average molecular weight is 431 g/mol. The van der Waals surface area contributed by atoms with Crippen LogP contribution in [-0.2, 0) is 14.8 Å². The Morgan fingerprint density at radius 1 is 1.03 bits per heavy atom. The maximum absolute atomic E-state index is 12.5. The second-order valence-corrected chi connectivity index (χ2v) is 9.94.